The van der Waals surface area contributed by atoms with E-state index in [0.29, 0.717) is 24.5 Å². The van der Waals surface area contributed by atoms with Crippen molar-refractivity contribution in [2.45, 2.75) is 38.6 Å². The number of ether oxygens (including phenoxy) is 1. The van der Waals surface area contributed by atoms with Crippen LogP contribution in [0.2, 0.25) is 0 Å². The Bertz CT molecular complexity index is 628. The lowest BCUT2D eigenvalue weighted by atomic mass is 10.2. The van der Waals surface area contributed by atoms with Crippen LogP contribution < -0.4 is 15.5 Å². The van der Waals surface area contributed by atoms with E-state index in [4.69, 9.17) is 4.74 Å². The molecule has 4 rings (SSSR count). The smallest absolute Gasteiger partial charge is 0.225 e. The number of carbonyl (C=O) groups excluding carboxylic acids is 1. The van der Waals surface area contributed by atoms with Crippen LogP contribution in [0.5, 0.6) is 0 Å². The maximum Gasteiger partial charge on any atom is 0.225 e. The number of nitrogens with zero attached hydrogens (tertiary/aromatic N) is 3. The van der Waals surface area contributed by atoms with Crippen molar-refractivity contribution < 1.29 is 9.53 Å². The summed E-state index contributed by atoms with van der Waals surface area (Å²) in [5.41, 5.74) is 0.976. The summed E-state index contributed by atoms with van der Waals surface area (Å²) in [6, 6.07) is 2.57. The van der Waals surface area contributed by atoms with Gasteiger partial charge in [0, 0.05) is 49.8 Å². The topological polar surface area (TPSA) is 79.4 Å². The van der Waals surface area contributed by atoms with Crippen molar-refractivity contribution in [1.82, 2.24) is 15.3 Å². The third-order valence-electron chi connectivity index (χ3n) is 5.14. The predicted molar refractivity (Wildman–Crippen MR) is 95.7 cm³/mol. The summed E-state index contributed by atoms with van der Waals surface area (Å²) in [6.45, 7) is 5.94. The molecule has 2 atom stereocenters. The van der Waals surface area contributed by atoms with E-state index in [-0.39, 0.29) is 11.8 Å². The van der Waals surface area contributed by atoms with Gasteiger partial charge >= 0.3 is 0 Å². The fraction of sp³-hybridized carbons (Fsp3) is 0.722. The summed E-state index contributed by atoms with van der Waals surface area (Å²) in [7, 11) is 0. The lowest BCUT2D eigenvalue weighted by molar-refractivity contribution is -0.122. The zero-order chi connectivity index (χ0) is 17.2. The molecule has 25 heavy (non-hydrogen) atoms. The molecule has 2 saturated carbocycles. The van der Waals surface area contributed by atoms with Gasteiger partial charge < -0.3 is 20.3 Å². The van der Waals surface area contributed by atoms with Gasteiger partial charge in [-0.05, 0) is 25.2 Å². The second kappa shape index (κ2) is 7.15. The molecule has 1 aromatic rings. The highest BCUT2D eigenvalue weighted by atomic mass is 16.5. The number of hydrogen-bond donors (Lipinski definition) is 2. The Labute approximate surface area is 148 Å². The van der Waals surface area contributed by atoms with Crippen LogP contribution >= 0.6 is 0 Å². The van der Waals surface area contributed by atoms with Crippen molar-refractivity contribution in [3.8, 4) is 0 Å². The Hall–Kier alpha value is -1.89. The largest absolute Gasteiger partial charge is 0.378 e. The average Bonchev–Trinajstić information content (AvgIpc) is 3.54. The predicted octanol–water partition coefficient (Wildman–Crippen LogP) is 1.20. The Kier molecular flexibility index (Phi) is 4.74. The van der Waals surface area contributed by atoms with E-state index in [1.807, 2.05) is 0 Å². The average molecular weight is 345 g/mol. The molecule has 0 aromatic carbocycles. The van der Waals surface area contributed by atoms with Crippen molar-refractivity contribution >= 4 is 17.7 Å². The number of amides is 1. The van der Waals surface area contributed by atoms with Crippen LogP contribution in [0.3, 0.4) is 0 Å². The van der Waals surface area contributed by atoms with E-state index < -0.39 is 0 Å². The number of carbonyl (C=O) groups is 1. The summed E-state index contributed by atoms with van der Waals surface area (Å²) >= 11 is 0. The molecule has 7 heteroatoms. The van der Waals surface area contributed by atoms with E-state index in [0.717, 1.165) is 50.7 Å². The highest BCUT2D eigenvalue weighted by Gasteiger charge is 2.38. The van der Waals surface area contributed by atoms with Gasteiger partial charge in [0.1, 0.15) is 5.82 Å². The zero-order valence-electron chi connectivity index (χ0n) is 14.8. The van der Waals surface area contributed by atoms with Crippen LogP contribution in [0.1, 0.15) is 31.9 Å². The molecule has 136 valence electrons. The minimum Gasteiger partial charge on any atom is -0.378 e. The van der Waals surface area contributed by atoms with Crippen molar-refractivity contribution in [3.63, 3.8) is 0 Å². The van der Waals surface area contributed by atoms with Gasteiger partial charge in [0.2, 0.25) is 11.9 Å². The van der Waals surface area contributed by atoms with Gasteiger partial charge in [-0.2, -0.15) is 4.98 Å². The van der Waals surface area contributed by atoms with Gasteiger partial charge in [0.15, 0.2) is 0 Å². The number of aromatic nitrogens is 2. The van der Waals surface area contributed by atoms with Crippen molar-refractivity contribution in [2.75, 3.05) is 43.1 Å². The first-order chi connectivity index (χ1) is 12.2. The molecule has 0 radical (unpaired) electrons. The molecule has 0 unspecified atom stereocenters. The monoisotopic (exact) mass is 345 g/mol. The Morgan fingerprint density at radius 2 is 2.08 bits per heavy atom. The van der Waals surface area contributed by atoms with Crippen LogP contribution in [0.25, 0.3) is 0 Å². The lowest BCUT2D eigenvalue weighted by Gasteiger charge is -2.28. The molecule has 0 bridgehead atoms. The van der Waals surface area contributed by atoms with Gasteiger partial charge in [-0.15, -0.1) is 0 Å². The molecule has 7 nitrogen and oxygen atoms in total. The van der Waals surface area contributed by atoms with E-state index in [2.05, 4.69) is 38.5 Å². The number of morpholine rings is 1. The Morgan fingerprint density at radius 1 is 1.32 bits per heavy atom. The summed E-state index contributed by atoms with van der Waals surface area (Å²) < 4.78 is 5.44. The third kappa shape index (κ3) is 4.39. The molecule has 3 aliphatic rings. The maximum absolute atomic E-state index is 12.0. The lowest BCUT2D eigenvalue weighted by Crippen LogP contribution is -2.37. The number of rotatable bonds is 7. The molecule has 1 saturated heterocycles. The highest BCUT2D eigenvalue weighted by molar-refractivity contribution is 5.81. The third-order valence-corrected chi connectivity index (χ3v) is 5.14. The Balaban J connectivity index is 1.40. The maximum atomic E-state index is 12.0. The zero-order valence-corrected chi connectivity index (χ0v) is 14.8. The van der Waals surface area contributed by atoms with Crippen LogP contribution in [0, 0.1) is 11.8 Å². The number of nitrogens with one attached hydrogen (secondary N) is 2. The molecular weight excluding hydrogens is 318 g/mol. The quantitative estimate of drug-likeness (QED) is 0.773. The van der Waals surface area contributed by atoms with Gasteiger partial charge in [-0.1, -0.05) is 6.92 Å². The summed E-state index contributed by atoms with van der Waals surface area (Å²) in [4.78, 5) is 23.5. The van der Waals surface area contributed by atoms with E-state index in [1.54, 1.807) is 0 Å². The normalized spacial score (nSPS) is 25.6. The molecule has 2 N–H and O–H groups in total. The van der Waals surface area contributed by atoms with Gasteiger partial charge in [0.25, 0.3) is 0 Å². The summed E-state index contributed by atoms with van der Waals surface area (Å²) in [5.74, 6) is 2.62. The minimum atomic E-state index is 0.186. The van der Waals surface area contributed by atoms with Crippen LogP contribution in [0.4, 0.5) is 11.8 Å². The van der Waals surface area contributed by atoms with E-state index in [1.165, 1.54) is 12.8 Å². The van der Waals surface area contributed by atoms with Gasteiger partial charge in [-0.3, -0.25) is 4.79 Å². The molecule has 2 heterocycles. The molecule has 1 aliphatic heterocycles. The van der Waals surface area contributed by atoms with Crippen LogP contribution in [-0.4, -0.2) is 54.8 Å². The summed E-state index contributed by atoms with van der Waals surface area (Å²) in [6.07, 6.45) is 4.13. The standard InChI is InChI=1S/C18H27N5O2/c1-12-10-15(12)17(24)19-5-4-14-11-16(23-6-8-25-9-7-23)22-18(21-14)20-13-2-3-13/h11-13,15H,2-10H2,1H3,(H,19,24)(H,20,21,22)/t12-,15-/m1/s1. The SMILES string of the molecule is C[C@@H]1C[C@H]1C(=O)NCCc1cc(N2CCOCC2)nc(NC2CC2)n1. The van der Waals surface area contributed by atoms with Gasteiger partial charge in [-0.25, -0.2) is 4.98 Å². The number of anilines is 2. The molecule has 3 fully saturated rings. The first kappa shape index (κ1) is 16.6. The first-order valence-electron chi connectivity index (χ1n) is 9.44. The van der Waals surface area contributed by atoms with Crippen LogP contribution in [0.15, 0.2) is 6.07 Å². The molecular formula is C18H27N5O2. The summed E-state index contributed by atoms with van der Waals surface area (Å²) in [5, 5.41) is 6.44. The second-order valence-electron chi connectivity index (χ2n) is 7.42. The van der Waals surface area contributed by atoms with E-state index in [9.17, 15) is 4.79 Å². The minimum absolute atomic E-state index is 0.186. The Morgan fingerprint density at radius 3 is 2.76 bits per heavy atom. The van der Waals surface area contributed by atoms with Gasteiger partial charge in [0.05, 0.1) is 13.2 Å². The van der Waals surface area contributed by atoms with Crippen molar-refractivity contribution in [1.29, 1.82) is 0 Å². The van der Waals surface area contributed by atoms with E-state index >= 15 is 0 Å². The molecule has 2 aliphatic carbocycles. The van der Waals surface area contributed by atoms with Crippen molar-refractivity contribution in [3.05, 3.63) is 11.8 Å². The number of hydrogen-bond acceptors (Lipinski definition) is 6. The fourth-order valence-corrected chi connectivity index (χ4v) is 3.17. The molecule has 0 spiro atoms. The second-order valence-corrected chi connectivity index (χ2v) is 7.42. The van der Waals surface area contributed by atoms with Crippen LogP contribution in [-0.2, 0) is 16.0 Å². The molecule has 1 aromatic heterocycles. The molecule has 1 amide bonds. The fourth-order valence-electron chi connectivity index (χ4n) is 3.17. The van der Waals surface area contributed by atoms with Crippen molar-refractivity contribution in [2.24, 2.45) is 11.8 Å². The highest BCUT2D eigenvalue weighted by Crippen LogP contribution is 2.37. The first-order valence-corrected chi connectivity index (χ1v) is 9.44.